The quantitative estimate of drug-likeness (QED) is 0.529. The maximum Gasteiger partial charge on any atom is 0.418 e. The Kier molecular flexibility index (Phi) is 3.97. The second-order valence-corrected chi connectivity index (χ2v) is 5.86. The van der Waals surface area contributed by atoms with Gasteiger partial charge >= 0.3 is 6.08 Å². The van der Waals surface area contributed by atoms with Crippen LogP contribution in [0.3, 0.4) is 0 Å². The summed E-state index contributed by atoms with van der Waals surface area (Å²) in [5.41, 5.74) is 1.56. The van der Waals surface area contributed by atoms with Gasteiger partial charge in [0.2, 0.25) is 11.6 Å². The Balaban J connectivity index is 1.45. The highest BCUT2D eigenvalue weighted by Crippen LogP contribution is 2.26. The van der Waals surface area contributed by atoms with Crippen LogP contribution in [0.1, 0.15) is 5.89 Å². The average molecular weight is 361 g/mol. The first kappa shape index (κ1) is 14.9. The number of aromatic nitrogens is 4. The Labute approximate surface area is 144 Å². The first-order valence-electron chi connectivity index (χ1n) is 6.86. The minimum atomic E-state index is 0.000188. The minimum absolute atomic E-state index is 0.000188. The van der Waals surface area contributed by atoms with Gasteiger partial charge in [0.15, 0.2) is 6.61 Å². The lowest BCUT2D eigenvalue weighted by molar-refractivity contribution is 0.169. The van der Waals surface area contributed by atoms with Gasteiger partial charge in [0.1, 0.15) is 0 Å². The van der Waals surface area contributed by atoms with Crippen LogP contribution in [-0.2, 0) is 6.61 Å². The highest BCUT2D eigenvalue weighted by Gasteiger charge is 2.14. The van der Waals surface area contributed by atoms with Gasteiger partial charge in [-0.2, -0.15) is 21.3 Å². The molecule has 0 aliphatic carbocycles. The number of hydrogen-bond donors (Lipinski definition) is 0. The molecule has 1 aromatic carbocycles. The minimum Gasteiger partial charge on any atom is -0.439 e. The molecule has 0 amide bonds. The molecule has 0 radical (unpaired) electrons. The molecule has 4 rings (SSSR count). The van der Waals surface area contributed by atoms with Gasteiger partial charge in [0, 0.05) is 16.5 Å². The van der Waals surface area contributed by atoms with Crippen LogP contribution < -0.4 is 4.74 Å². The van der Waals surface area contributed by atoms with E-state index in [-0.39, 0.29) is 12.7 Å². The van der Waals surface area contributed by atoms with E-state index in [2.05, 4.69) is 20.3 Å². The number of benzene rings is 1. The molecule has 0 aliphatic heterocycles. The van der Waals surface area contributed by atoms with Gasteiger partial charge in [-0.05, 0) is 23.6 Å². The van der Waals surface area contributed by atoms with E-state index in [1.165, 1.54) is 0 Å². The van der Waals surface area contributed by atoms with Crippen molar-refractivity contribution in [3.8, 4) is 28.9 Å². The van der Waals surface area contributed by atoms with Crippen molar-refractivity contribution in [3.05, 3.63) is 52.0 Å². The number of halogens is 1. The van der Waals surface area contributed by atoms with Gasteiger partial charge in [-0.15, -0.1) is 0 Å². The topological polar surface area (TPSA) is 87.1 Å². The zero-order valence-corrected chi connectivity index (χ0v) is 13.6. The molecule has 0 fully saturated rings. The number of hydrogen-bond acceptors (Lipinski definition) is 8. The molecular weight excluding hydrogens is 352 g/mol. The van der Waals surface area contributed by atoms with Crippen LogP contribution >= 0.6 is 22.9 Å². The van der Waals surface area contributed by atoms with Crippen molar-refractivity contribution in [2.24, 2.45) is 0 Å². The van der Waals surface area contributed by atoms with E-state index < -0.39 is 0 Å². The lowest BCUT2D eigenvalue weighted by Crippen LogP contribution is -1.96. The van der Waals surface area contributed by atoms with Crippen LogP contribution in [0.15, 0.2) is 50.1 Å². The maximum absolute atomic E-state index is 6.10. The second-order valence-electron chi connectivity index (χ2n) is 4.68. The standard InChI is InChI=1S/C15H9ClN4O3S/c16-11-4-2-1-3-10(11)14-18-15(23-20-14)21-7-12-17-13(19-22-12)9-5-6-24-8-9/h1-6,8H,7H2. The van der Waals surface area contributed by atoms with Crippen molar-refractivity contribution >= 4 is 22.9 Å². The van der Waals surface area contributed by atoms with Gasteiger partial charge in [0.25, 0.3) is 5.89 Å². The lowest BCUT2D eigenvalue weighted by Gasteiger charge is -1.96. The summed E-state index contributed by atoms with van der Waals surface area (Å²) in [6.45, 7) is 0.0291. The number of rotatable bonds is 5. The van der Waals surface area contributed by atoms with Crippen LogP contribution in [0, 0.1) is 0 Å². The van der Waals surface area contributed by atoms with Crippen LogP contribution in [0.4, 0.5) is 0 Å². The highest BCUT2D eigenvalue weighted by molar-refractivity contribution is 7.08. The zero-order chi connectivity index (χ0) is 16.4. The van der Waals surface area contributed by atoms with Crippen molar-refractivity contribution in [1.82, 2.24) is 20.3 Å². The largest absolute Gasteiger partial charge is 0.439 e. The maximum atomic E-state index is 6.10. The van der Waals surface area contributed by atoms with Crippen LogP contribution in [0.25, 0.3) is 22.8 Å². The monoisotopic (exact) mass is 360 g/mol. The smallest absolute Gasteiger partial charge is 0.418 e. The number of thiophene rings is 1. The fourth-order valence-electron chi connectivity index (χ4n) is 1.97. The third-order valence-electron chi connectivity index (χ3n) is 3.09. The van der Waals surface area contributed by atoms with Crippen molar-refractivity contribution < 1.29 is 13.8 Å². The Morgan fingerprint density at radius 1 is 1.04 bits per heavy atom. The summed E-state index contributed by atoms with van der Waals surface area (Å²) in [6.07, 6.45) is 0.000188. The highest BCUT2D eigenvalue weighted by atomic mass is 35.5. The Bertz CT molecular complexity index is 951. The van der Waals surface area contributed by atoms with Gasteiger partial charge in [0.05, 0.1) is 5.02 Å². The Hall–Kier alpha value is -2.71. The Morgan fingerprint density at radius 3 is 2.75 bits per heavy atom. The third-order valence-corrected chi connectivity index (χ3v) is 4.10. The molecule has 4 aromatic rings. The molecule has 0 N–H and O–H groups in total. The number of ether oxygens (including phenoxy) is 1. The summed E-state index contributed by atoms with van der Waals surface area (Å²) in [5.74, 6) is 1.17. The molecule has 0 spiro atoms. The summed E-state index contributed by atoms with van der Waals surface area (Å²) in [5, 5.41) is 12.1. The van der Waals surface area contributed by atoms with Gasteiger partial charge in [-0.3, -0.25) is 4.52 Å². The predicted molar refractivity (Wildman–Crippen MR) is 86.7 cm³/mol. The van der Waals surface area contributed by atoms with E-state index >= 15 is 0 Å². The van der Waals surface area contributed by atoms with Crippen molar-refractivity contribution in [2.45, 2.75) is 6.61 Å². The molecule has 24 heavy (non-hydrogen) atoms. The molecule has 0 atom stereocenters. The summed E-state index contributed by atoms with van der Waals surface area (Å²) < 4.78 is 15.6. The van der Waals surface area contributed by atoms with Gasteiger partial charge in [-0.1, -0.05) is 34.0 Å². The number of nitrogens with zero attached hydrogens (tertiary/aromatic N) is 4. The molecule has 0 aliphatic rings. The molecule has 0 saturated heterocycles. The first-order valence-corrected chi connectivity index (χ1v) is 8.18. The molecule has 9 heteroatoms. The van der Waals surface area contributed by atoms with Crippen molar-refractivity contribution in [1.29, 1.82) is 0 Å². The second kappa shape index (κ2) is 6.42. The third kappa shape index (κ3) is 3.01. The van der Waals surface area contributed by atoms with E-state index in [0.29, 0.717) is 28.1 Å². The Morgan fingerprint density at radius 2 is 1.92 bits per heavy atom. The molecule has 0 unspecified atom stereocenters. The molecular formula is C15H9ClN4O3S. The normalized spacial score (nSPS) is 10.9. The SMILES string of the molecule is Clc1ccccc1-c1noc(OCc2nc(-c3ccsc3)no2)n1. The summed E-state index contributed by atoms with van der Waals surface area (Å²) in [7, 11) is 0. The fraction of sp³-hybridized carbons (Fsp3) is 0.0667. The van der Waals surface area contributed by atoms with E-state index in [4.69, 9.17) is 25.4 Å². The van der Waals surface area contributed by atoms with Crippen LogP contribution in [0.2, 0.25) is 5.02 Å². The van der Waals surface area contributed by atoms with E-state index in [1.807, 2.05) is 29.0 Å². The summed E-state index contributed by atoms with van der Waals surface area (Å²) in [4.78, 5) is 8.38. The van der Waals surface area contributed by atoms with Crippen LogP contribution in [0.5, 0.6) is 6.08 Å². The molecule has 0 bridgehead atoms. The summed E-state index contributed by atoms with van der Waals surface area (Å²) >= 11 is 7.66. The molecule has 3 heterocycles. The average Bonchev–Trinajstić information content (AvgIpc) is 3.34. The fourth-order valence-corrected chi connectivity index (χ4v) is 2.82. The lowest BCUT2D eigenvalue weighted by atomic mass is 10.2. The first-order chi connectivity index (χ1) is 11.8. The van der Waals surface area contributed by atoms with E-state index in [0.717, 1.165) is 5.56 Å². The van der Waals surface area contributed by atoms with Gasteiger partial charge < -0.3 is 9.26 Å². The predicted octanol–water partition coefficient (Wildman–Crippen LogP) is 4.08. The van der Waals surface area contributed by atoms with Crippen molar-refractivity contribution in [2.75, 3.05) is 0 Å². The van der Waals surface area contributed by atoms with E-state index in [1.54, 1.807) is 23.5 Å². The molecule has 7 nitrogen and oxygen atoms in total. The van der Waals surface area contributed by atoms with Crippen molar-refractivity contribution in [3.63, 3.8) is 0 Å². The summed E-state index contributed by atoms with van der Waals surface area (Å²) in [6, 6.07) is 9.11. The molecule has 0 saturated carbocycles. The van der Waals surface area contributed by atoms with E-state index in [9.17, 15) is 0 Å². The molecule has 120 valence electrons. The zero-order valence-electron chi connectivity index (χ0n) is 12.0. The van der Waals surface area contributed by atoms with Gasteiger partial charge in [-0.25, -0.2) is 0 Å². The van der Waals surface area contributed by atoms with Crippen LogP contribution in [-0.4, -0.2) is 20.3 Å². The molecule has 3 aromatic heterocycles.